The van der Waals surface area contributed by atoms with E-state index in [9.17, 15) is 4.39 Å². The molecule has 0 aromatic heterocycles. The van der Waals surface area contributed by atoms with Crippen LogP contribution >= 0.6 is 11.6 Å². The highest BCUT2D eigenvalue weighted by Gasteiger charge is 2.11. The number of nitrogens with one attached hydrogen (secondary N) is 1. The fourth-order valence-electron chi connectivity index (χ4n) is 1.49. The largest absolute Gasteiger partial charge is 0.380 e. The van der Waals surface area contributed by atoms with Crippen LogP contribution in [0.2, 0.25) is 5.02 Å². The summed E-state index contributed by atoms with van der Waals surface area (Å²) in [6.07, 6.45) is 1.43. The van der Waals surface area contributed by atoms with Crippen molar-refractivity contribution in [3.05, 3.63) is 34.6 Å². The van der Waals surface area contributed by atoms with E-state index in [0.717, 1.165) is 6.42 Å². The van der Waals surface area contributed by atoms with Crippen molar-refractivity contribution in [3.63, 3.8) is 0 Å². The monoisotopic (exact) mass is 260 g/mol. The molecular weight excluding hydrogens is 243 g/mol. The summed E-state index contributed by atoms with van der Waals surface area (Å²) in [5, 5.41) is 0.394. The van der Waals surface area contributed by atoms with Crippen molar-refractivity contribution in [3.8, 4) is 0 Å². The van der Waals surface area contributed by atoms with E-state index in [1.54, 1.807) is 12.1 Å². The molecule has 3 nitrogen and oxygen atoms in total. The first kappa shape index (κ1) is 14.4. The van der Waals surface area contributed by atoms with Crippen LogP contribution in [0.15, 0.2) is 18.2 Å². The molecule has 17 heavy (non-hydrogen) atoms. The number of benzene rings is 1. The molecule has 96 valence electrons. The molecule has 1 atom stereocenters. The SMILES string of the molecule is CCCOCC(Cc1ccc(Cl)cc1F)NN. The van der Waals surface area contributed by atoms with Gasteiger partial charge in [-0.25, -0.2) is 4.39 Å². The number of halogens is 2. The lowest BCUT2D eigenvalue weighted by Gasteiger charge is -2.16. The molecule has 1 aromatic carbocycles. The number of rotatable bonds is 7. The first-order valence-corrected chi connectivity index (χ1v) is 6.03. The summed E-state index contributed by atoms with van der Waals surface area (Å²) in [4.78, 5) is 0. The van der Waals surface area contributed by atoms with Gasteiger partial charge in [-0.1, -0.05) is 24.6 Å². The van der Waals surface area contributed by atoms with Crippen LogP contribution in [0.5, 0.6) is 0 Å². The Kier molecular flexibility index (Phi) is 6.44. The molecule has 0 saturated heterocycles. The minimum absolute atomic E-state index is 0.0998. The van der Waals surface area contributed by atoms with Gasteiger partial charge >= 0.3 is 0 Å². The summed E-state index contributed by atoms with van der Waals surface area (Å²) in [5.74, 6) is 5.09. The van der Waals surface area contributed by atoms with Crippen molar-refractivity contribution in [2.45, 2.75) is 25.8 Å². The molecule has 1 rings (SSSR count). The maximum absolute atomic E-state index is 13.5. The highest BCUT2D eigenvalue weighted by Crippen LogP contribution is 2.16. The minimum atomic E-state index is -0.312. The average Bonchev–Trinajstić information content (AvgIpc) is 2.31. The van der Waals surface area contributed by atoms with Crippen LogP contribution in [0.25, 0.3) is 0 Å². The van der Waals surface area contributed by atoms with E-state index in [0.29, 0.717) is 30.2 Å². The average molecular weight is 261 g/mol. The highest BCUT2D eigenvalue weighted by molar-refractivity contribution is 6.30. The van der Waals surface area contributed by atoms with Crippen molar-refractivity contribution in [2.24, 2.45) is 5.84 Å². The predicted octanol–water partition coefficient (Wildman–Crippen LogP) is 2.28. The molecule has 0 aliphatic carbocycles. The second-order valence-corrected chi connectivity index (χ2v) is 4.31. The van der Waals surface area contributed by atoms with Crippen LogP contribution in [-0.4, -0.2) is 19.3 Å². The maximum Gasteiger partial charge on any atom is 0.127 e. The molecule has 0 saturated carbocycles. The van der Waals surface area contributed by atoms with Crippen LogP contribution in [0.1, 0.15) is 18.9 Å². The number of hydrazine groups is 1. The Labute approximate surface area is 106 Å². The van der Waals surface area contributed by atoms with Gasteiger partial charge in [0.25, 0.3) is 0 Å². The van der Waals surface area contributed by atoms with Gasteiger partial charge in [0.2, 0.25) is 0 Å². The van der Waals surface area contributed by atoms with E-state index in [1.807, 2.05) is 6.92 Å². The zero-order chi connectivity index (χ0) is 12.7. The molecule has 0 heterocycles. The number of hydrogen-bond donors (Lipinski definition) is 2. The fraction of sp³-hybridized carbons (Fsp3) is 0.500. The lowest BCUT2D eigenvalue weighted by molar-refractivity contribution is 0.111. The van der Waals surface area contributed by atoms with E-state index in [2.05, 4.69) is 5.43 Å². The first-order valence-electron chi connectivity index (χ1n) is 5.65. The lowest BCUT2D eigenvalue weighted by atomic mass is 10.1. The standard InChI is InChI=1S/C12H18ClFN2O/c1-2-5-17-8-11(16-15)6-9-3-4-10(13)7-12(9)14/h3-4,7,11,16H,2,5-6,8,15H2,1H3. The van der Waals surface area contributed by atoms with Crippen molar-refractivity contribution in [1.82, 2.24) is 5.43 Å². The highest BCUT2D eigenvalue weighted by atomic mass is 35.5. The van der Waals surface area contributed by atoms with Gasteiger partial charge in [-0.2, -0.15) is 0 Å². The van der Waals surface area contributed by atoms with E-state index >= 15 is 0 Å². The van der Waals surface area contributed by atoms with Gasteiger partial charge in [0.15, 0.2) is 0 Å². The minimum Gasteiger partial charge on any atom is -0.380 e. The van der Waals surface area contributed by atoms with Crippen molar-refractivity contribution in [1.29, 1.82) is 0 Å². The fourth-order valence-corrected chi connectivity index (χ4v) is 1.65. The summed E-state index contributed by atoms with van der Waals surface area (Å²) >= 11 is 5.68. The van der Waals surface area contributed by atoms with E-state index in [1.165, 1.54) is 6.07 Å². The van der Waals surface area contributed by atoms with Crippen molar-refractivity contribution < 1.29 is 9.13 Å². The summed E-state index contributed by atoms with van der Waals surface area (Å²) in [6.45, 7) is 3.18. The molecule has 1 unspecified atom stereocenters. The van der Waals surface area contributed by atoms with Gasteiger partial charge in [0.1, 0.15) is 5.82 Å². The van der Waals surface area contributed by atoms with Crippen molar-refractivity contribution in [2.75, 3.05) is 13.2 Å². The van der Waals surface area contributed by atoms with Gasteiger partial charge in [-0.3, -0.25) is 11.3 Å². The summed E-state index contributed by atoms with van der Waals surface area (Å²) < 4.78 is 18.9. The Balaban J connectivity index is 2.54. The molecule has 0 amide bonds. The summed E-state index contributed by atoms with van der Waals surface area (Å²) in [6, 6.07) is 4.54. The van der Waals surface area contributed by atoms with Crippen LogP contribution in [-0.2, 0) is 11.2 Å². The predicted molar refractivity (Wildman–Crippen MR) is 67.3 cm³/mol. The molecule has 5 heteroatoms. The number of ether oxygens (including phenoxy) is 1. The van der Waals surface area contributed by atoms with Gasteiger partial charge in [0, 0.05) is 17.7 Å². The Bertz CT molecular complexity index is 349. The Hall–Kier alpha value is -0.680. The number of nitrogens with two attached hydrogens (primary N) is 1. The summed E-state index contributed by atoms with van der Waals surface area (Å²) in [7, 11) is 0. The second-order valence-electron chi connectivity index (χ2n) is 3.88. The van der Waals surface area contributed by atoms with E-state index in [-0.39, 0.29) is 11.9 Å². The second kappa shape index (κ2) is 7.61. The maximum atomic E-state index is 13.5. The molecule has 0 aliphatic rings. The Morgan fingerprint density at radius 1 is 1.53 bits per heavy atom. The molecule has 0 spiro atoms. The molecule has 0 fully saturated rings. The van der Waals surface area contributed by atoms with E-state index in [4.69, 9.17) is 22.2 Å². The molecule has 3 N–H and O–H groups in total. The van der Waals surface area contributed by atoms with Crippen LogP contribution < -0.4 is 11.3 Å². The zero-order valence-corrected chi connectivity index (χ0v) is 10.6. The van der Waals surface area contributed by atoms with Crippen LogP contribution in [0.3, 0.4) is 0 Å². The smallest absolute Gasteiger partial charge is 0.127 e. The zero-order valence-electron chi connectivity index (χ0n) is 9.88. The van der Waals surface area contributed by atoms with Gasteiger partial charge in [-0.15, -0.1) is 0 Å². The third kappa shape index (κ3) is 5.00. The third-order valence-electron chi connectivity index (χ3n) is 2.38. The Morgan fingerprint density at radius 3 is 2.88 bits per heavy atom. The van der Waals surface area contributed by atoms with Gasteiger partial charge in [0.05, 0.1) is 6.61 Å². The van der Waals surface area contributed by atoms with Gasteiger partial charge in [-0.05, 0) is 30.5 Å². The molecular formula is C12H18ClFN2O. The molecule has 1 aromatic rings. The molecule has 0 aliphatic heterocycles. The van der Waals surface area contributed by atoms with Crippen LogP contribution in [0.4, 0.5) is 4.39 Å². The summed E-state index contributed by atoms with van der Waals surface area (Å²) in [5.41, 5.74) is 3.21. The number of hydrogen-bond acceptors (Lipinski definition) is 3. The van der Waals surface area contributed by atoms with Crippen LogP contribution in [0, 0.1) is 5.82 Å². The topological polar surface area (TPSA) is 47.3 Å². The first-order chi connectivity index (χ1) is 8.17. The quantitative estimate of drug-likeness (QED) is 0.449. The Morgan fingerprint density at radius 2 is 2.29 bits per heavy atom. The molecule has 0 radical (unpaired) electrons. The third-order valence-corrected chi connectivity index (χ3v) is 2.62. The normalized spacial score (nSPS) is 12.7. The molecule has 0 bridgehead atoms. The van der Waals surface area contributed by atoms with Gasteiger partial charge < -0.3 is 4.74 Å². The lowest BCUT2D eigenvalue weighted by Crippen LogP contribution is -2.40. The van der Waals surface area contributed by atoms with Crippen molar-refractivity contribution >= 4 is 11.6 Å². The van der Waals surface area contributed by atoms with E-state index < -0.39 is 0 Å².